The molecule has 0 spiro atoms. The van der Waals surface area contributed by atoms with Crippen molar-refractivity contribution in [2.75, 3.05) is 6.54 Å². The highest BCUT2D eigenvalue weighted by Crippen LogP contribution is 2.23. The molecule has 0 aromatic carbocycles. The summed E-state index contributed by atoms with van der Waals surface area (Å²) in [6.45, 7) is 5.66. The number of oxazole rings is 1. The highest BCUT2D eigenvalue weighted by molar-refractivity contribution is 5.10. The van der Waals surface area contributed by atoms with Gasteiger partial charge in [0.1, 0.15) is 12.3 Å². The minimum absolute atomic E-state index is 0.421. The number of hydrogen-bond acceptors (Lipinski definition) is 4. The van der Waals surface area contributed by atoms with Crippen LogP contribution in [-0.4, -0.2) is 21.1 Å². The van der Waals surface area contributed by atoms with E-state index in [0.717, 1.165) is 23.9 Å². The highest BCUT2D eigenvalue weighted by Gasteiger charge is 2.20. The van der Waals surface area contributed by atoms with Crippen molar-refractivity contribution in [2.45, 2.75) is 39.3 Å². The van der Waals surface area contributed by atoms with Gasteiger partial charge in [0.05, 0.1) is 17.7 Å². The Morgan fingerprint density at radius 3 is 3.06 bits per heavy atom. The maximum Gasteiger partial charge on any atom is 0.214 e. The average molecular weight is 246 g/mol. The lowest BCUT2D eigenvalue weighted by molar-refractivity contribution is 0.448. The van der Waals surface area contributed by atoms with E-state index < -0.39 is 0 Å². The Morgan fingerprint density at radius 1 is 1.50 bits per heavy atom. The Labute approximate surface area is 106 Å². The molecule has 3 rings (SSSR count). The third kappa shape index (κ3) is 2.06. The molecule has 1 atom stereocenters. The van der Waals surface area contributed by atoms with Crippen LogP contribution in [0.2, 0.25) is 0 Å². The molecule has 5 heteroatoms. The van der Waals surface area contributed by atoms with Crippen LogP contribution in [0.1, 0.15) is 41.9 Å². The fourth-order valence-electron chi connectivity index (χ4n) is 2.44. The largest absolute Gasteiger partial charge is 0.444 e. The normalized spacial score (nSPS) is 19.6. The third-order valence-corrected chi connectivity index (χ3v) is 3.54. The van der Waals surface area contributed by atoms with Gasteiger partial charge in [-0.2, -0.15) is 0 Å². The van der Waals surface area contributed by atoms with Crippen molar-refractivity contribution in [1.29, 1.82) is 0 Å². The Morgan fingerprint density at radius 2 is 2.39 bits per heavy atom. The summed E-state index contributed by atoms with van der Waals surface area (Å²) in [7, 11) is 0. The van der Waals surface area contributed by atoms with Gasteiger partial charge in [-0.15, -0.1) is 0 Å². The van der Waals surface area contributed by atoms with Crippen LogP contribution >= 0.6 is 0 Å². The molecule has 0 unspecified atom stereocenters. The van der Waals surface area contributed by atoms with Gasteiger partial charge in [-0.3, -0.25) is 0 Å². The minimum atomic E-state index is 0.421. The van der Waals surface area contributed by atoms with Crippen LogP contribution in [0.15, 0.2) is 16.9 Å². The molecule has 0 saturated carbocycles. The lowest BCUT2D eigenvalue weighted by atomic mass is 10.2. The van der Waals surface area contributed by atoms with E-state index in [4.69, 9.17) is 4.42 Å². The lowest BCUT2D eigenvalue weighted by Gasteiger charge is -2.12. The molecule has 1 saturated heterocycles. The van der Waals surface area contributed by atoms with Crippen LogP contribution in [0.5, 0.6) is 0 Å². The molecule has 0 bridgehead atoms. The average Bonchev–Trinajstić information content (AvgIpc) is 3.01. The number of hydrogen-bond donors (Lipinski definition) is 1. The number of aromatic nitrogens is 3. The first-order chi connectivity index (χ1) is 8.74. The van der Waals surface area contributed by atoms with Gasteiger partial charge in [0.15, 0.2) is 0 Å². The van der Waals surface area contributed by atoms with Crippen LogP contribution in [0.3, 0.4) is 0 Å². The van der Waals surface area contributed by atoms with Crippen molar-refractivity contribution in [3.8, 4) is 0 Å². The monoisotopic (exact) mass is 246 g/mol. The fourth-order valence-corrected chi connectivity index (χ4v) is 2.44. The Balaban J connectivity index is 1.82. The summed E-state index contributed by atoms with van der Waals surface area (Å²) in [5.41, 5.74) is 2.19. The molecule has 5 nitrogen and oxygen atoms in total. The van der Waals surface area contributed by atoms with Crippen LogP contribution in [0.25, 0.3) is 0 Å². The van der Waals surface area contributed by atoms with Gasteiger partial charge >= 0.3 is 0 Å². The van der Waals surface area contributed by atoms with Crippen molar-refractivity contribution in [1.82, 2.24) is 19.9 Å². The van der Waals surface area contributed by atoms with Gasteiger partial charge in [0.2, 0.25) is 5.89 Å². The summed E-state index contributed by atoms with van der Waals surface area (Å²) in [5.74, 6) is 1.65. The molecular weight excluding hydrogens is 228 g/mol. The number of aryl methyl sites for hydroxylation is 2. The zero-order valence-corrected chi connectivity index (χ0v) is 10.8. The van der Waals surface area contributed by atoms with Crippen molar-refractivity contribution in [3.05, 3.63) is 35.6 Å². The summed E-state index contributed by atoms with van der Waals surface area (Å²) in [6.07, 6.45) is 6.19. The summed E-state index contributed by atoms with van der Waals surface area (Å²) in [4.78, 5) is 8.66. The van der Waals surface area contributed by atoms with Crippen LogP contribution in [-0.2, 0) is 6.54 Å². The number of imidazole rings is 1. The predicted molar refractivity (Wildman–Crippen MR) is 67.3 cm³/mol. The minimum Gasteiger partial charge on any atom is -0.444 e. The molecule has 18 heavy (non-hydrogen) atoms. The first-order valence-corrected chi connectivity index (χ1v) is 6.40. The summed E-state index contributed by atoms with van der Waals surface area (Å²) < 4.78 is 7.74. The van der Waals surface area contributed by atoms with Crippen molar-refractivity contribution in [2.24, 2.45) is 0 Å². The summed E-state index contributed by atoms with van der Waals surface area (Å²) >= 11 is 0. The van der Waals surface area contributed by atoms with Gasteiger partial charge in [-0.25, -0.2) is 9.97 Å². The Kier molecular flexibility index (Phi) is 2.91. The predicted octanol–water partition coefficient (Wildman–Crippen LogP) is 1.96. The van der Waals surface area contributed by atoms with E-state index in [1.54, 1.807) is 0 Å². The van der Waals surface area contributed by atoms with E-state index in [0.29, 0.717) is 12.6 Å². The smallest absolute Gasteiger partial charge is 0.214 e. The topological polar surface area (TPSA) is 55.9 Å². The fraction of sp³-hybridized carbons (Fsp3) is 0.538. The summed E-state index contributed by atoms with van der Waals surface area (Å²) in [6, 6.07) is 0.421. The molecule has 1 aliphatic rings. The van der Waals surface area contributed by atoms with E-state index in [1.807, 2.05) is 26.4 Å². The second-order valence-corrected chi connectivity index (χ2v) is 4.84. The van der Waals surface area contributed by atoms with Crippen LogP contribution in [0, 0.1) is 13.8 Å². The molecule has 2 aromatic heterocycles. The van der Waals surface area contributed by atoms with E-state index in [-0.39, 0.29) is 0 Å². The first-order valence-electron chi connectivity index (χ1n) is 6.40. The maximum atomic E-state index is 5.63. The van der Waals surface area contributed by atoms with Gasteiger partial charge in [-0.05, 0) is 33.2 Å². The van der Waals surface area contributed by atoms with E-state index in [2.05, 4.69) is 19.9 Å². The molecular formula is C13H18N4O. The zero-order chi connectivity index (χ0) is 12.5. The standard InChI is InChI=1S/C13H18N4O/c1-9-10(2)18-13(16-9)7-17-8-14-6-12(17)11-4-3-5-15-11/h6,8,11,15H,3-5,7H2,1-2H3/t11-/m0/s1. The molecule has 0 amide bonds. The SMILES string of the molecule is Cc1nc(Cn2cncc2[C@@H]2CCCN2)oc1C. The van der Waals surface area contributed by atoms with E-state index in [9.17, 15) is 0 Å². The quantitative estimate of drug-likeness (QED) is 0.899. The van der Waals surface area contributed by atoms with Crippen molar-refractivity contribution >= 4 is 0 Å². The molecule has 1 N–H and O–H groups in total. The number of rotatable bonds is 3. The van der Waals surface area contributed by atoms with E-state index in [1.165, 1.54) is 18.5 Å². The van der Waals surface area contributed by atoms with Gasteiger partial charge in [-0.1, -0.05) is 0 Å². The van der Waals surface area contributed by atoms with Crippen LogP contribution in [0.4, 0.5) is 0 Å². The summed E-state index contributed by atoms with van der Waals surface area (Å²) in [5, 5.41) is 3.49. The number of nitrogens with one attached hydrogen (secondary N) is 1. The number of nitrogens with zero attached hydrogens (tertiary/aromatic N) is 3. The molecule has 0 aliphatic carbocycles. The molecule has 2 aromatic rings. The molecule has 0 radical (unpaired) electrons. The zero-order valence-electron chi connectivity index (χ0n) is 10.8. The highest BCUT2D eigenvalue weighted by atomic mass is 16.4. The molecule has 1 aliphatic heterocycles. The first kappa shape index (κ1) is 11.5. The van der Waals surface area contributed by atoms with Gasteiger partial charge < -0.3 is 14.3 Å². The maximum absolute atomic E-state index is 5.63. The second kappa shape index (κ2) is 4.57. The van der Waals surface area contributed by atoms with Gasteiger partial charge in [0.25, 0.3) is 0 Å². The van der Waals surface area contributed by atoms with Gasteiger partial charge in [0, 0.05) is 12.2 Å². The van der Waals surface area contributed by atoms with Crippen LogP contribution < -0.4 is 5.32 Å². The Hall–Kier alpha value is -1.62. The molecule has 3 heterocycles. The molecule has 96 valence electrons. The van der Waals surface area contributed by atoms with Crippen molar-refractivity contribution < 1.29 is 4.42 Å². The van der Waals surface area contributed by atoms with E-state index >= 15 is 0 Å². The third-order valence-electron chi connectivity index (χ3n) is 3.54. The lowest BCUT2D eigenvalue weighted by Crippen LogP contribution is -2.17. The van der Waals surface area contributed by atoms with Crippen molar-refractivity contribution in [3.63, 3.8) is 0 Å². The molecule has 1 fully saturated rings. The second-order valence-electron chi connectivity index (χ2n) is 4.84. The Bertz CT molecular complexity index is 517.